The summed E-state index contributed by atoms with van der Waals surface area (Å²) in [6.45, 7) is 10.9. The molecular formula is C16H28N2O3. The van der Waals surface area contributed by atoms with Gasteiger partial charge in [-0.3, -0.25) is 4.79 Å². The third-order valence-corrected chi connectivity index (χ3v) is 3.28. The van der Waals surface area contributed by atoms with Crippen LogP contribution in [0.25, 0.3) is 0 Å². The van der Waals surface area contributed by atoms with Crippen LogP contribution >= 0.6 is 0 Å². The fourth-order valence-electron chi connectivity index (χ4n) is 2.22. The first-order valence-electron chi connectivity index (χ1n) is 7.51. The maximum atomic E-state index is 12.0. The van der Waals surface area contributed by atoms with E-state index in [4.69, 9.17) is 5.11 Å². The highest BCUT2D eigenvalue weighted by Gasteiger charge is 2.13. The van der Waals surface area contributed by atoms with Gasteiger partial charge >= 0.3 is 12.0 Å². The van der Waals surface area contributed by atoms with Crippen molar-refractivity contribution in [1.82, 2.24) is 10.2 Å². The molecule has 0 radical (unpaired) electrons. The zero-order chi connectivity index (χ0) is 16.1. The highest BCUT2D eigenvalue weighted by atomic mass is 16.4. The lowest BCUT2D eigenvalue weighted by Gasteiger charge is -2.21. The quantitative estimate of drug-likeness (QED) is 0.544. The highest BCUT2D eigenvalue weighted by Crippen LogP contribution is 2.17. The van der Waals surface area contributed by atoms with E-state index in [1.165, 1.54) is 0 Å². The molecule has 0 spiro atoms. The Hall–Kier alpha value is -1.78. The van der Waals surface area contributed by atoms with Gasteiger partial charge in [0.2, 0.25) is 0 Å². The number of nitrogens with zero attached hydrogens (tertiary/aromatic N) is 1. The van der Waals surface area contributed by atoms with E-state index in [-0.39, 0.29) is 12.5 Å². The summed E-state index contributed by atoms with van der Waals surface area (Å²) in [6, 6.07) is -0.136. The van der Waals surface area contributed by atoms with Gasteiger partial charge in [0.25, 0.3) is 0 Å². The van der Waals surface area contributed by atoms with Crippen LogP contribution in [0.2, 0.25) is 0 Å². The molecule has 5 nitrogen and oxygen atoms in total. The smallest absolute Gasteiger partial charge is 0.317 e. The van der Waals surface area contributed by atoms with E-state index in [2.05, 4.69) is 25.4 Å². The number of nitrogens with one attached hydrogen (secondary N) is 1. The summed E-state index contributed by atoms with van der Waals surface area (Å²) in [4.78, 5) is 24.2. The average molecular weight is 296 g/mol. The number of rotatable bonds is 12. The molecule has 120 valence electrons. The normalized spacial score (nSPS) is 11.5. The van der Waals surface area contributed by atoms with Crippen LogP contribution in [0.15, 0.2) is 25.3 Å². The number of hydrogen-bond donors (Lipinski definition) is 2. The average Bonchev–Trinajstić information content (AvgIpc) is 2.44. The lowest BCUT2D eigenvalue weighted by molar-refractivity contribution is -0.137. The Morgan fingerprint density at radius 3 is 2.29 bits per heavy atom. The van der Waals surface area contributed by atoms with E-state index in [9.17, 15) is 9.59 Å². The first kappa shape index (κ1) is 19.2. The second-order valence-electron chi connectivity index (χ2n) is 5.09. The van der Waals surface area contributed by atoms with Gasteiger partial charge in [-0.15, -0.1) is 13.2 Å². The molecule has 0 aromatic heterocycles. The zero-order valence-electron chi connectivity index (χ0n) is 13.0. The molecule has 0 saturated heterocycles. The first-order chi connectivity index (χ1) is 10.0. The van der Waals surface area contributed by atoms with Crippen LogP contribution < -0.4 is 5.32 Å². The van der Waals surface area contributed by atoms with E-state index in [0.717, 1.165) is 19.3 Å². The molecule has 5 heteroatoms. The van der Waals surface area contributed by atoms with Crippen LogP contribution in [-0.4, -0.2) is 41.6 Å². The number of urea groups is 1. The molecule has 0 heterocycles. The molecule has 0 bridgehead atoms. The van der Waals surface area contributed by atoms with Crippen molar-refractivity contribution in [3.63, 3.8) is 0 Å². The predicted molar refractivity (Wildman–Crippen MR) is 85.3 cm³/mol. The monoisotopic (exact) mass is 296 g/mol. The molecule has 0 aliphatic rings. The molecule has 1 atom stereocenters. The van der Waals surface area contributed by atoms with E-state index >= 15 is 0 Å². The summed E-state index contributed by atoms with van der Waals surface area (Å²) in [5.74, 6) is -0.415. The van der Waals surface area contributed by atoms with Crippen LogP contribution in [0.3, 0.4) is 0 Å². The zero-order valence-corrected chi connectivity index (χ0v) is 13.0. The lowest BCUT2D eigenvalue weighted by atomic mass is 9.94. The number of carbonyl (C=O) groups is 2. The third-order valence-electron chi connectivity index (χ3n) is 3.28. The summed E-state index contributed by atoms with van der Waals surface area (Å²) in [6.07, 6.45) is 7.04. The number of hydrogen-bond acceptors (Lipinski definition) is 2. The molecule has 0 saturated carbocycles. The van der Waals surface area contributed by atoms with E-state index in [0.29, 0.717) is 32.0 Å². The van der Waals surface area contributed by atoms with Crippen molar-refractivity contribution < 1.29 is 14.7 Å². The molecule has 21 heavy (non-hydrogen) atoms. The van der Waals surface area contributed by atoms with Gasteiger partial charge in [-0.05, 0) is 18.8 Å². The van der Waals surface area contributed by atoms with Crippen molar-refractivity contribution in [3.05, 3.63) is 25.3 Å². The van der Waals surface area contributed by atoms with E-state index in [1.54, 1.807) is 17.1 Å². The minimum atomic E-state index is -0.761. The van der Waals surface area contributed by atoms with Crippen molar-refractivity contribution in [1.29, 1.82) is 0 Å². The van der Waals surface area contributed by atoms with E-state index in [1.807, 2.05) is 0 Å². The van der Waals surface area contributed by atoms with Crippen LogP contribution in [0.4, 0.5) is 4.79 Å². The van der Waals surface area contributed by atoms with Gasteiger partial charge in [-0.1, -0.05) is 31.9 Å². The Labute approximate surface area is 127 Å². The fourth-order valence-corrected chi connectivity index (χ4v) is 2.22. The van der Waals surface area contributed by atoms with Gasteiger partial charge < -0.3 is 15.3 Å². The fraction of sp³-hybridized carbons (Fsp3) is 0.625. The van der Waals surface area contributed by atoms with Crippen LogP contribution in [-0.2, 0) is 4.79 Å². The van der Waals surface area contributed by atoms with E-state index < -0.39 is 5.97 Å². The third kappa shape index (κ3) is 9.71. The van der Waals surface area contributed by atoms with Crippen LogP contribution in [0.5, 0.6) is 0 Å². The lowest BCUT2D eigenvalue weighted by Crippen LogP contribution is -2.40. The summed E-state index contributed by atoms with van der Waals surface area (Å²) in [7, 11) is 0. The van der Waals surface area contributed by atoms with Crippen LogP contribution in [0.1, 0.15) is 39.0 Å². The molecule has 0 rings (SSSR count). The summed E-state index contributed by atoms with van der Waals surface area (Å²) in [5.41, 5.74) is 0. The number of aliphatic carboxylic acids is 1. The van der Waals surface area contributed by atoms with Crippen molar-refractivity contribution >= 4 is 12.0 Å². The van der Waals surface area contributed by atoms with Crippen molar-refractivity contribution in [2.24, 2.45) is 5.92 Å². The largest absolute Gasteiger partial charge is 0.481 e. The molecule has 2 amide bonds. The molecule has 0 aliphatic heterocycles. The maximum Gasteiger partial charge on any atom is 0.317 e. The number of carbonyl (C=O) groups excluding carboxylic acids is 1. The summed E-state index contributed by atoms with van der Waals surface area (Å²) in [5, 5.41) is 11.6. The molecule has 0 aromatic carbocycles. The number of carboxylic acids is 1. The molecule has 2 N–H and O–H groups in total. The Kier molecular flexibility index (Phi) is 11.0. The standard InChI is InChI=1S/C16H28N2O3/c1-4-7-14(8-9-15(19)20)10-11-17-16(21)18(12-5-2)13-6-3/h5-6,14H,2-4,7-13H2,1H3,(H,17,21)(H,19,20). The topological polar surface area (TPSA) is 69.6 Å². The van der Waals surface area contributed by atoms with Gasteiger partial charge in [-0.25, -0.2) is 4.79 Å². The Morgan fingerprint density at radius 2 is 1.81 bits per heavy atom. The van der Waals surface area contributed by atoms with Gasteiger partial charge in [0.05, 0.1) is 0 Å². The van der Waals surface area contributed by atoms with Gasteiger partial charge in [0.1, 0.15) is 0 Å². The molecule has 1 unspecified atom stereocenters. The minimum absolute atomic E-state index is 0.136. The van der Waals surface area contributed by atoms with Crippen molar-refractivity contribution in [2.75, 3.05) is 19.6 Å². The van der Waals surface area contributed by atoms with Gasteiger partial charge in [0, 0.05) is 26.1 Å². The van der Waals surface area contributed by atoms with Crippen LogP contribution in [0, 0.1) is 5.92 Å². The minimum Gasteiger partial charge on any atom is -0.481 e. The van der Waals surface area contributed by atoms with Gasteiger partial charge in [0.15, 0.2) is 0 Å². The number of carboxylic acid groups (broad SMARTS) is 1. The number of amides is 2. The Balaban J connectivity index is 4.15. The Bertz CT molecular complexity index is 332. The SMILES string of the molecule is C=CCN(CC=C)C(=O)NCCC(CCC)CCC(=O)O. The summed E-state index contributed by atoms with van der Waals surface area (Å²) < 4.78 is 0. The second kappa shape index (κ2) is 12.0. The predicted octanol–water partition coefficient (Wildman–Crippen LogP) is 3.04. The molecule has 0 aromatic rings. The maximum absolute atomic E-state index is 12.0. The Morgan fingerprint density at radius 1 is 1.19 bits per heavy atom. The molecule has 0 fully saturated rings. The summed E-state index contributed by atoms with van der Waals surface area (Å²) >= 11 is 0. The first-order valence-corrected chi connectivity index (χ1v) is 7.51. The molecule has 0 aliphatic carbocycles. The molecular weight excluding hydrogens is 268 g/mol. The second-order valence-corrected chi connectivity index (χ2v) is 5.09. The van der Waals surface area contributed by atoms with Gasteiger partial charge in [-0.2, -0.15) is 0 Å². The highest BCUT2D eigenvalue weighted by molar-refractivity contribution is 5.74. The van der Waals surface area contributed by atoms with Crippen molar-refractivity contribution in [3.8, 4) is 0 Å². The van der Waals surface area contributed by atoms with Crippen molar-refractivity contribution in [2.45, 2.75) is 39.0 Å².